The third-order valence-electron chi connectivity index (χ3n) is 5.30. The zero-order chi connectivity index (χ0) is 25.9. The van der Waals surface area contributed by atoms with Crippen molar-refractivity contribution in [1.29, 1.82) is 0 Å². The van der Waals surface area contributed by atoms with Crippen LogP contribution < -0.4 is 20.7 Å². The Morgan fingerprint density at radius 3 is 2.03 bits per heavy atom. The van der Waals surface area contributed by atoms with E-state index in [4.69, 9.17) is 4.74 Å². The third-order valence-corrected chi connectivity index (χ3v) is 5.30. The summed E-state index contributed by atoms with van der Waals surface area (Å²) in [4.78, 5) is 48.4. The van der Waals surface area contributed by atoms with Gasteiger partial charge in [0.15, 0.2) is 0 Å². The Balaban J connectivity index is 1.62. The molecule has 3 aromatic rings. The second-order valence-electron chi connectivity index (χ2n) is 7.77. The molecule has 3 N–H and O–H groups in total. The van der Waals surface area contributed by atoms with E-state index in [9.17, 15) is 19.2 Å². The maximum Gasteiger partial charge on any atom is 0.325 e. The number of esters is 1. The molecular formula is C27H27N3O6. The molecule has 1 unspecified atom stereocenters. The fourth-order valence-electron chi connectivity index (χ4n) is 3.38. The van der Waals surface area contributed by atoms with Crippen molar-refractivity contribution in [3.63, 3.8) is 0 Å². The lowest BCUT2D eigenvalue weighted by atomic mass is 9.98. The molecule has 3 aromatic carbocycles. The van der Waals surface area contributed by atoms with Gasteiger partial charge in [0.2, 0.25) is 5.91 Å². The minimum atomic E-state index is -0.826. The van der Waals surface area contributed by atoms with Crippen molar-refractivity contribution in [2.75, 3.05) is 26.1 Å². The van der Waals surface area contributed by atoms with E-state index < -0.39 is 23.8 Å². The van der Waals surface area contributed by atoms with E-state index in [1.807, 2.05) is 42.5 Å². The smallest absolute Gasteiger partial charge is 0.325 e. The van der Waals surface area contributed by atoms with Crippen LogP contribution in [0, 0.1) is 0 Å². The molecule has 0 aromatic heterocycles. The topological polar surface area (TPSA) is 123 Å². The summed E-state index contributed by atoms with van der Waals surface area (Å²) in [5.74, 6) is -1.83. The zero-order valence-electron chi connectivity index (χ0n) is 19.9. The van der Waals surface area contributed by atoms with E-state index in [1.54, 1.807) is 43.5 Å². The van der Waals surface area contributed by atoms with Crippen LogP contribution >= 0.6 is 0 Å². The summed E-state index contributed by atoms with van der Waals surface area (Å²) in [6, 6.07) is 22.5. The van der Waals surface area contributed by atoms with E-state index in [0.29, 0.717) is 17.0 Å². The van der Waals surface area contributed by atoms with Crippen molar-refractivity contribution in [1.82, 2.24) is 10.6 Å². The number of rotatable bonds is 9. The molecule has 0 aliphatic carbocycles. The van der Waals surface area contributed by atoms with Crippen LogP contribution in [-0.4, -0.2) is 44.5 Å². The average molecular weight is 490 g/mol. The largest absolute Gasteiger partial charge is 0.497 e. The van der Waals surface area contributed by atoms with Gasteiger partial charge in [0.25, 0.3) is 0 Å². The van der Waals surface area contributed by atoms with Gasteiger partial charge in [0.05, 0.1) is 26.7 Å². The summed E-state index contributed by atoms with van der Waals surface area (Å²) >= 11 is 0. The Hall–Kier alpha value is -4.66. The fraction of sp³-hybridized carbons (Fsp3) is 0.185. The molecule has 0 spiro atoms. The molecule has 0 aliphatic rings. The lowest BCUT2D eigenvalue weighted by Crippen LogP contribution is -2.38. The molecule has 3 rings (SSSR count). The first-order valence-corrected chi connectivity index (χ1v) is 11.1. The number of ether oxygens (including phenoxy) is 2. The predicted octanol–water partition coefficient (Wildman–Crippen LogP) is 2.37. The molecule has 1 atom stereocenters. The van der Waals surface area contributed by atoms with Crippen LogP contribution in [0.25, 0.3) is 0 Å². The normalized spacial score (nSPS) is 11.1. The van der Waals surface area contributed by atoms with Gasteiger partial charge in [0, 0.05) is 5.69 Å². The maximum absolute atomic E-state index is 12.8. The average Bonchev–Trinajstić information content (AvgIpc) is 2.91. The number of benzene rings is 3. The van der Waals surface area contributed by atoms with E-state index in [1.165, 1.54) is 7.11 Å². The number of nitrogens with one attached hydrogen (secondary N) is 3. The molecule has 0 aliphatic heterocycles. The lowest BCUT2D eigenvalue weighted by Gasteiger charge is -2.20. The Morgan fingerprint density at radius 2 is 1.42 bits per heavy atom. The first-order valence-electron chi connectivity index (χ1n) is 11.1. The van der Waals surface area contributed by atoms with Crippen LogP contribution in [-0.2, 0) is 30.3 Å². The second-order valence-corrected chi connectivity index (χ2v) is 7.77. The van der Waals surface area contributed by atoms with Crippen LogP contribution in [0.15, 0.2) is 78.9 Å². The molecule has 0 bridgehead atoms. The molecule has 36 heavy (non-hydrogen) atoms. The summed E-state index contributed by atoms with van der Waals surface area (Å²) in [6.45, 7) is -0.209. The van der Waals surface area contributed by atoms with Crippen molar-refractivity contribution in [2.24, 2.45) is 0 Å². The van der Waals surface area contributed by atoms with Crippen LogP contribution in [0.2, 0.25) is 0 Å². The lowest BCUT2D eigenvalue weighted by molar-refractivity contribution is -0.141. The molecular weight excluding hydrogens is 462 g/mol. The van der Waals surface area contributed by atoms with Crippen LogP contribution in [0.3, 0.4) is 0 Å². The molecule has 0 radical (unpaired) electrons. The highest BCUT2D eigenvalue weighted by Crippen LogP contribution is 2.24. The molecule has 0 heterocycles. The minimum Gasteiger partial charge on any atom is -0.497 e. The number of amides is 3. The summed E-state index contributed by atoms with van der Waals surface area (Å²) in [5, 5.41) is 7.81. The van der Waals surface area contributed by atoms with Crippen LogP contribution in [0.5, 0.6) is 5.75 Å². The van der Waals surface area contributed by atoms with Crippen molar-refractivity contribution in [3.8, 4) is 5.75 Å². The molecule has 9 nitrogen and oxygen atoms in total. The zero-order valence-corrected chi connectivity index (χ0v) is 19.9. The fourth-order valence-corrected chi connectivity index (χ4v) is 3.38. The number of anilines is 1. The van der Waals surface area contributed by atoms with Crippen molar-refractivity contribution >= 4 is 29.4 Å². The standard InChI is InChI=1S/C27H27N3O6/c1-35-22-14-10-20(11-15-22)25(19-6-4-3-5-7-19)30-27(34)26(33)29-21-12-8-18(9-13-21)16-23(31)28-17-24(32)36-2/h3-15,25H,16-17H2,1-2H3,(H,28,31)(H,29,33)(H,30,34). The molecule has 186 valence electrons. The van der Waals surface area contributed by atoms with Gasteiger partial charge in [-0.15, -0.1) is 0 Å². The van der Waals surface area contributed by atoms with Crippen molar-refractivity contribution in [3.05, 3.63) is 95.6 Å². The molecule has 9 heteroatoms. The summed E-state index contributed by atoms with van der Waals surface area (Å²) < 4.78 is 9.68. The SMILES string of the molecule is COC(=O)CNC(=O)Cc1ccc(NC(=O)C(=O)NC(c2ccccc2)c2ccc(OC)cc2)cc1. The second kappa shape index (κ2) is 12.7. The first-order chi connectivity index (χ1) is 17.4. The maximum atomic E-state index is 12.8. The quantitative estimate of drug-likeness (QED) is 0.313. The van der Waals surface area contributed by atoms with Gasteiger partial charge in [-0.25, -0.2) is 0 Å². The number of carbonyl (C=O) groups excluding carboxylic acids is 4. The van der Waals surface area contributed by atoms with Gasteiger partial charge in [-0.3, -0.25) is 19.2 Å². The third kappa shape index (κ3) is 7.42. The molecule has 0 saturated carbocycles. The van der Waals surface area contributed by atoms with Gasteiger partial charge in [-0.1, -0.05) is 54.6 Å². The van der Waals surface area contributed by atoms with Crippen LogP contribution in [0.1, 0.15) is 22.7 Å². The van der Waals surface area contributed by atoms with E-state index in [2.05, 4.69) is 20.7 Å². The van der Waals surface area contributed by atoms with E-state index in [0.717, 1.165) is 11.1 Å². The number of methoxy groups -OCH3 is 2. The van der Waals surface area contributed by atoms with E-state index in [-0.39, 0.29) is 18.9 Å². The highest BCUT2D eigenvalue weighted by atomic mass is 16.5. The Morgan fingerprint density at radius 1 is 0.778 bits per heavy atom. The molecule has 0 saturated heterocycles. The summed E-state index contributed by atoms with van der Waals surface area (Å²) in [7, 11) is 2.81. The summed E-state index contributed by atoms with van der Waals surface area (Å²) in [6.07, 6.45) is 0.0479. The Labute approximate surface area is 208 Å². The minimum absolute atomic E-state index is 0.0479. The van der Waals surface area contributed by atoms with Gasteiger partial charge >= 0.3 is 17.8 Å². The highest BCUT2D eigenvalue weighted by molar-refractivity contribution is 6.39. The number of hydrogen-bond donors (Lipinski definition) is 3. The van der Waals surface area contributed by atoms with E-state index >= 15 is 0 Å². The Bertz CT molecular complexity index is 1190. The first kappa shape index (κ1) is 26.0. The molecule has 3 amide bonds. The van der Waals surface area contributed by atoms with Crippen LogP contribution in [0.4, 0.5) is 5.69 Å². The van der Waals surface area contributed by atoms with Gasteiger partial charge < -0.3 is 25.4 Å². The van der Waals surface area contributed by atoms with Gasteiger partial charge in [0.1, 0.15) is 12.3 Å². The summed E-state index contributed by atoms with van der Waals surface area (Å²) in [5.41, 5.74) is 2.68. The molecule has 0 fully saturated rings. The predicted molar refractivity (Wildman–Crippen MR) is 133 cm³/mol. The highest BCUT2D eigenvalue weighted by Gasteiger charge is 2.21. The van der Waals surface area contributed by atoms with Crippen molar-refractivity contribution in [2.45, 2.75) is 12.5 Å². The van der Waals surface area contributed by atoms with Crippen molar-refractivity contribution < 1.29 is 28.7 Å². The number of hydrogen-bond acceptors (Lipinski definition) is 6. The van der Waals surface area contributed by atoms with Gasteiger partial charge in [-0.05, 0) is 41.0 Å². The monoisotopic (exact) mass is 489 g/mol. The van der Waals surface area contributed by atoms with Gasteiger partial charge in [-0.2, -0.15) is 0 Å². The Kier molecular flexibility index (Phi) is 9.16. The number of carbonyl (C=O) groups is 4.